The molecule has 0 aromatic carbocycles. The van der Waals surface area contributed by atoms with Gasteiger partial charge in [-0.15, -0.1) is 0 Å². The molecule has 3 N–H and O–H groups in total. The summed E-state index contributed by atoms with van der Waals surface area (Å²) in [6, 6.07) is 1.72. The molecule has 7 nitrogen and oxygen atoms in total. The van der Waals surface area contributed by atoms with Crippen LogP contribution in [0, 0.1) is 12.8 Å². The van der Waals surface area contributed by atoms with Crippen molar-refractivity contribution in [2.24, 2.45) is 5.92 Å². The molecule has 150 valence electrons. The van der Waals surface area contributed by atoms with Gasteiger partial charge in [-0.2, -0.15) is 0 Å². The van der Waals surface area contributed by atoms with E-state index in [4.69, 9.17) is 4.74 Å². The molecular weight excluding hydrogens is 370 g/mol. The fourth-order valence-electron chi connectivity index (χ4n) is 2.65. The number of hydrogen-bond donors (Lipinski definition) is 3. The third-order valence-corrected chi connectivity index (χ3v) is 4.27. The lowest BCUT2D eigenvalue weighted by Gasteiger charge is -2.17. The topological polar surface area (TPSA) is 92.4 Å². The Labute approximate surface area is 161 Å². The number of nitrogens with zero attached hydrogens (tertiary/aromatic N) is 1. The van der Waals surface area contributed by atoms with Crippen molar-refractivity contribution in [2.75, 3.05) is 13.2 Å². The quantitative estimate of drug-likeness (QED) is 0.624. The number of pyridine rings is 1. The fraction of sp³-hybridized carbons (Fsp3) is 0.421. The molecule has 28 heavy (non-hydrogen) atoms. The van der Waals surface area contributed by atoms with E-state index in [0.29, 0.717) is 23.5 Å². The highest BCUT2D eigenvalue weighted by molar-refractivity contribution is 5.96. The summed E-state index contributed by atoms with van der Waals surface area (Å²) in [5, 5.41) is 8.59. The van der Waals surface area contributed by atoms with Crippen LogP contribution in [0.1, 0.15) is 24.0 Å². The molecule has 0 spiro atoms. The maximum Gasteiger partial charge on any atom is 0.272 e. The second kappa shape index (κ2) is 8.81. The highest BCUT2D eigenvalue weighted by Crippen LogP contribution is 2.29. The lowest BCUT2D eigenvalue weighted by atomic mass is 10.1. The van der Waals surface area contributed by atoms with E-state index in [1.807, 2.05) is 0 Å². The van der Waals surface area contributed by atoms with Crippen molar-refractivity contribution >= 4 is 11.8 Å². The van der Waals surface area contributed by atoms with Crippen molar-refractivity contribution in [2.45, 2.75) is 32.7 Å². The molecule has 1 saturated carbocycles. The number of dihydropyridines is 1. The van der Waals surface area contributed by atoms with Crippen molar-refractivity contribution < 1.29 is 23.1 Å². The van der Waals surface area contributed by atoms with Crippen LogP contribution in [0.4, 0.5) is 8.78 Å². The first-order valence-electron chi connectivity index (χ1n) is 9.03. The Bertz CT molecular complexity index is 819. The van der Waals surface area contributed by atoms with Crippen LogP contribution < -0.4 is 20.7 Å². The van der Waals surface area contributed by atoms with Gasteiger partial charge in [-0.1, -0.05) is 6.08 Å². The molecule has 0 atom stereocenters. The Morgan fingerprint density at radius 3 is 2.86 bits per heavy atom. The molecule has 2 aliphatic rings. The molecule has 9 heteroatoms. The summed E-state index contributed by atoms with van der Waals surface area (Å²) >= 11 is 0. The van der Waals surface area contributed by atoms with E-state index in [2.05, 4.69) is 20.9 Å². The van der Waals surface area contributed by atoms with Gasteiger partial charge in [0.2, 0.25) is 11.8 Å². The third-order valence-electron chi connectivity index (χ3n) is 4.27. The van der Waals surface area contributed by atoms with Gasteiger partial charge in [-0.05, 0) is 37.5 Å². The number of aromatic nitrogens is 1. The van der Waals surface area contributed by atoms with Crippen LogP contribution in [0.25, 0.3) is 0 Å². The molecule has 2 amide bonds. The smallest absolute Gasteiger partial charge is 0.272 e. The third kappa shape index (κ3) is 5.51. The molecule has 3 rings (SSSR count). The van der Waals surface area contributed by atoms with Crippen LogP contribution in [0.2, 0.25) is 0 Å². The Hall–Kier alpha value is -2.97. The van der Waals surface area contributed by atoms with Crippen LogP contribution >= 0.6 is 0 Å². The van der Waals surface area contributed by atoms with Gasteiger partial charge in [0, 0.05) is 36.3 Å². The zero-order valence-corrected chi connectivity index (χ0v) is 15.4. The van der Waals surface area contributed by atoms with Crippen LogP contribution in [0.3, 0.4) is 0 Å². The van der Waals surface area contributed by atoms with Crippen molar-refractivity contribution in [1.29, 1.82) is 0 Å². The number of nitrogens with one attached hydrogen (secondary N) is 3. The Kier molecular flexibility index (Phi) is 6.23. The van der Waals surface area contributed by atoms with Crippen LogP contribution in [0.15, 0.2) is 35.8 Å². The monoisotopic (exact) mass is 392 g/mol. The van der Waals surface area contributed by atoms with Crippen molar-refractivity contribution in [3.63, 3.8) is 0 Å². The highest BCUT2D eigenvalue weighted by Gasteiger charge is 2.30. The number of ether oxygens (including phenoxy) is 1. The maximum absolute atomic E-state index is 12.4. The molecule has 0 saturated heterocycles. The molecule has 1 aromatic heterocycles. The number of aryl methyl sites for hydroxylation is 1. The van der Waals surface area contributed by atoms with Gasteiger partial charge in [0.05, 0.1) is 0 Å². The average molecular weight is 392 g/mol. The summed E-state index contributed by atoms with van der Waals surface area (Å²) < 4.78 is 29.4. The van der Waals surface area contributed by atoms with Crippen LogP contribution in [0.5, 0.6) is 5.88 Å². The van der Waals surface area contributed by atoms with Crippen molar-refractivity contribution in [3.05, 3.63) is 46.9 Å². The molecule has 2 heterocycles. The highest BCUT2D eigenvalue weighted by atomic mass is 19.3. The van der Waals surface area contributed by atoms with Gasteiger partial charge >= 0.3 is 0 Å². The SMILES string of the molecule is Cc1cc(CNC(=O)C2=CCNC(NC(=O)C3CC3)=C2)cnc1OCC(F)F. The number of carbonyl (C=O) groups is 2. The molecule has 1 fully saturated rings. The predicted molar refractivity (Wildman–Crippen MR) is 97.4 cm³/mol. The number of alkyl halides is 2. The average Bonchev–Trinajstić information content (AvgIpc) is 3.50. The molecule has 1 aliphatic heterocycles. The molecular formula is C19H22F2N4O3. The normalized spacial score (nSPS) is 16.0. The number of hydrogen-bond acceptors (Lipinski definition) is 5. The minimum Gasteiger partial charge on any atom is -0.471 e. The standard InChI is InChI=1S/C19H22F2N4O3/c1-11-6-12(9-24-19(11)28-10-15(20)21)8-23-17(26)14-4-5-22-16(7-14)25-18(27)13-2-3-13/h4,6-7,9,13,15,22H,2-3,5,8,10H2,1H3,(H,23,26)(H,25,27). The maximum atomic E-state index is 12.4. The van der Waals surface area contributed by atoms with E-state index in [0.717, 1.165) is 18.4 Å². The lowest BCUT2D eigenvalue weighted by Crippen LogP contribution is -2.36. The van der Waals surface area contributed by atoms with E-state index < -0.39 is 13.0 Å². The zero-order chi connectivity index (χ0) is 20.1. The molecule has 1 aliphatic carbocycles. The fourth-order valence-corrected chi connectivity index (χ4v) is 2.65. The molecule has 0 bridgehead atoms. The van der Waals surface area contributed by atoms with Crippen LogP contribution in [-0.4, -0.2) is 36.4 Å². The second-order valence-electron chi connectivity index (χ2n) is 6.71. The predicted octanol–water partition coefficient (Wildman–Crippen LogP) is 1.55. The van der Waals surface area contributed by atoms with Crippen molar-refractivity contribution in [1.82, 2.24) is 20.9 Å². The lowest BCUT2D eigenvalue weighted by molar-refractivity contribution is -0.121. The van der Waals surface area contributed by atoms with Gasteiger partial charge in [0.25, 0.3) is 12.3 Å². The summed E-state index contributed by atoms with van der Waals surface area (Å²) in [6.07, 6.45) is 4.05. The first-order chi connectivity index (χ1) is 13.4. The van der Waals surface area contributed by atoms with Gasteiger partial charge < -0.3 is 20.7 Å². The van der Waals surface area contributed by atoms with Gasteiger partial charge in [-0.3, -0.25) is 9.59 Å². The van der Waals surface area contributed by atoms with E-state index in [1.54, 1.807) is 25.1 Å². The zero-order valence-electron chi connectivity index (χ0n) is 15.4. The summed E-state index contributed by atoms with van der Waals surface area (Å²) in [6.45, 7) is 1.66. The van der Waals surface area contributed by atoms with Crippen LogP contribution in [-0.2, 0) is 16.1 Å². The van der Waals surface area contributed by atoms with Crippen molar-refractivity contribution in [3.8, 4) is 5.88 Å². The first-order valence-corrected chi connectivity index (χ1v) is 9.03. The summed E-state index contributed by atoms with van der Waals surface area (Å²) in [7, 11) is 0. The number of halogens is 2. The summed E-state index contributed by atoms with van der Waals surface area (Å²) in [4.78, 5) is 28.2. The Morgan fingerprint density at radius 1 is 1.39 bits per heavy atom. The van der Waals surface area contributed by atoms with E-state index in [9.17, 15) is 18.4 Å². The molecule has 0 radical (unpaired) electrons. The largest absolute Gasteiger partial charge is 0.471 e. The van der Waals surface area contributed by atoms with Gasteiger partial charge in [-0.25, -0.2) is 13.8 Å². The minimum atomic E-state index is -2.56. The van der Waals surface area contributed by atoms with E-state index in [-0.39, 0.29) is 30.2 Å². The Balaban J connectivity index is 1.53. The Morgan fingerprint density at radius 2 is 2.18 bits per heavy atom. The number of carbonyl (C=O) groups excluding carboxylic acids is 2. The van der Waals surface area contributed by atoms with E-state index >= 15 is 0 Å². The molecule has 0 unspecified atom stereocenters. The van der Waals surface area contributed by atoms with E-state index in [1.165, 1.54) is 6.20 Å². The van der Waals surface area contributed by atoms with Gasteiger partial charge in [0.1, 0.15) is 5.82 Å². The first kappa shape index (κ1) is 19.8. The number of amides is 2. The van der Waals surface area contributed by atoms with Gasteiger partial charge in [0.15, 0.2) is 6.61 Å². The summed E-state index contributed by atoms with van der Waals surface area (Å²) in [5.41, 5.74) is 1.78. The number of rotatable bonds is 8. The second-order valence-corrected chi connectivity index (χ2v) is 6.71. The minimum absolute atomic E-state index is 0.0314. The summed E-state index contributed by atoms with van der Waals surface area (Å²) in [5.74, 6) is 0.429. The molecule has 1 aromatic rings.